The smallest absolute Gasteiger partial charge is 0.325 e. The number of esters is 1. The Morgan fingerprint density at radius 2 is 2.16 bits per heavy atom. The fourth-order valence-corrected chi connectivity index (χ4v) is 3.85. The van der Waals surface area contributed by atoms with Gasteiger partial charge in [-0.05, 0) is 31.2 Å². The maximum atomic E-state index is 12.4. The van der Waals surface area contributed by atoms with Crippen molar-refractivity contribution < 1.29 is 14.3 Å². The van der Waals surface area contributed by atoms with E-state index in [0.29, 0.717) is 11.3 Å². The molecule has 3 rings (SSSR count). The molecule has 3 aromatic rings. The zero-order valence-electron chi connectivity index (χ0n) is 13.6. The van der Waals surface area contributed by atoms with Crippen molar-refractivity contribution in [2.24, 2.45) is 4.99 Å². The number of carbonyl (C=O) groups excluding carboxylic acids is 2. The van der Waals surface area contributed by atoms with Gasteiger partial charge in [0.2, 0.25) is 0 Å². The number of fused-ring (bicyclic) bond motifs is 1. The number of aryl methyl sites for hydroxylation is 1. The van der Waals surface area contributed by atoms with E-state index in [1.165, 1.54) is 18.4 Å². The van der Waals surface area contributed by atoms with Crippen LogP contribution in [0.3, 0.4) is 0 Å². The predicted octanol–water partition coefficient (Wildman–Crippen LogP) is 2.60. The van der Waals surface area contributed by atoms with Gasteiger partial charge in [-0.3, -0.25) is 14.3 Å². The number of benzene rings is 1. The van der Waals surface area contributed by atoms with E-state index in [9.17, 15) is 9.59 Å². The summed E-state index contributed by atoms with van der Waals surface area (Å²) in [6.07, 6.45) is 1.73. The van der Waals surface area contributed by atoms with Crippen LogP contribution < -0.4 is 4.80 Å². The fraction of sp³-hybridized carbons (Fsp3) is 0.250. The minimum atomic E-state index is -0.448. The van der Waals surface area contributed by atoms with E-state index in [4.69, 9.17) is 4.74 Å². The van der Waals surface area contributed by atoms with Crippen LogP contribution >= 0.6 is 27.3 Å². The first-order valence-corrected chi connectivity index (χ1v) is 9.11. The van der Waals surface area contributed by atoms with Gasteiger partial charge in [0.15, 0.2) is 10.5 Å². The highest BCUT2D eigenvalue weighted by Gasteiger charge is 2.14. The molecule has 1 amide bonds. The van der Waals surface area contributed by atoms with Gasteiger partial charge in [-0.15, -0.1) is 0 Å². The normalized spacial score (nSPS) is 11.9. The molecule has 0 fully saturated rings. The number of aromatic nitrogens is 3. The van der Waals surface area contributed by atoms with Crippen LogP contribution in [0.1, 0.15) is 17.4 Å². The summed E-state index contributed by atoms with van der Waals surface area (Å²) in [6, 6.07) is 7.29. The summed E-state index contributed by atoms with van der Waals surface area (Å²) >= 11 is 4.75. The number of hydrogen-bond donors (Lipinski definition) is 0. The summed E-state index contributed by atoms with van der Waals surface area (Å²) < 4.78 is 9.90. The fourth-order valence-electron chi connectivity index (χ4n) is 2.27. The number of methoxy groups -OCH3 is 1. The Bertz CT molecular complexity index is 1020. The minimum absolute atomic E-state index is 0.0202. The largest absolute Gasteiger partial charge is 0.468 e. The van der Waals surface area contributed by atoms with Gasteiger partial charge in [0.1, 0.15) is 6.54 Å². The number of amides is 1. The third kappa shape index (κ3) is 3.72. The molecule has 7 nitrogen and oxygen atoms in total. The van der Waals surface area contributed by atoms with E-state index in [1.807, 2.05) is 25.1 Å². The third-order valence-corrected chi connectivity index (χ3v) is 5.08. The Morgan fingerprint density at radius 3 is 2.84 bits per heavy atom. The lowest BCUT2D eigenvalue weighted by Gasteiger charge is -2.03. The van der Waals surface area contributed by atoms with Crippen molar-refractivity contribution in [3.63, 3.8) is 0 Å². The second-order valence-corrected chi connectivity index (χ2v) is 7.06. The maximum Gasteiger partial charge on any atom is 0.325 e. The van der Waals surface area contributed by atoms with Crippen LogP contribution in [-0.4, -0.2) is 33.3 Å². The Morgan fingerprint density at radius 1 is 1.36 bits per heavy atom. The molecule has 2 heterocycles. The van der Waals surface area contributed by atoms with E-state index in [0.717, 1.165) is 14.7 Å². The van der Waals surface area contributed by atoms with Crippen LogP contribution in [0.2, 0.25) is 0 Å². The molecule has 9 heteroatoms. The molecule has 0 saturated heterocycles. The average Bonchev–Trinajstić information content (AvgIpc) is 3.20. The molecule has 0 radical (unpaired) electrons. The molecule has 0 bridgehead atoms. The number of thiazole rings is 1. The average molecular weight is 423 g/mol. The molecule has 130 valence electrons. The summed E-state index contributed by atoms with van der Waals surface area (Å²) in [6.45, 7) is 2.59. The summed E-state index contributed by atoms with van der Waals surface area (Å²) in [5.41, 5.74) is 1.08. The van der Waals surface area contributed by atoms with Crippen LogP contribution in [0.5, 0.6) is 0 Å². The summed E-state index contributed by atoms with van der Waals surface area (Å²) in [5.74, 6) is -0.858. The number of nitrogens with zero attached hydrogens (tertiary/aromatic N) is 4. The first-order chi connectivity index (χ1) is 12.0. The molecule has 25 heavy (non-hydrogen) atoms. The van der Waals surface area contributed by atoms with Crippen molar-refractivity contribution in [1.29, 1.82) is 0 Å². The molecule has 0 atom stereocenters. The lowest BCUT2D eigenvalue weighted by atomic mass is 10.3. The molecule has 0 aliphatic carbocycles. The lowest BCUT2D eigenvalue weighted by molar-refractivity contribution is -0.141. The van der Waals surface area contributed by atoms with Crippen LogP contribution in [0.15, 0.2) is 39.9 Å². The Hall–Kier alpha value is -2.26. The molecule has 0 saturated carbocycles. The SMILES string of the molecule is CCn1ccc(C(=O)N=c2sc3cc(Br)ccc3n2CC(=O)OC)n1. The van der Waals surface area contributed by atoms with E-state index in [2.05, 4.69) is 26.0 Å². The Balaban J connectivity index is 2.11. The van der Waals surface area contributed by atoms with Gasteiger partial charge in [-0.2, -0.15) is 10.1 Å². The highest BCUT2D eigenvalue weighted by Crippen LogP contribution is 2.22. The maximum absolute atomic E-state index is 12.4. The number of hydrogen-bond acceptors (Lipinski definition) is 5. The van der Waals surface area contributed by atoms with Gasteiger partial charge >= 0.3 is 5.97 Å². The molecule has 2 aromatic heterocycles. The van der Waals surface area contributed by atoms with Crippen LogP contribution in [0.4, 0.5) is 0 Å². The van der Waals surface area contributed by atoms with Crippen LogP contribution in [-0.2, 0) is 22.6 Å². The molecule has 0 spiro atoms. The van der Waals surface area contributed by atoms with Gasteiger partial charge in [0.25, 0.3) is 5.91 Å². The summed E-state index contributed by atoms with van der Waals surface area (Å²) in [5, 5.41) is 4.17. The van der Waals surface area contributed by atoms with Crippen LogP contribution in [0.25, 0.3) is 10.2 Å². The molecule has 1 aromatic carbocycles. The Labute approximate surface area is 155 Å². The number of ether oxygens (including phenoxy) is 1. The summed E-state index contributed by atoms with van der Waals surface area (Å²) in [4.78, 5) is 28.8. The first-order valence-electron chi connectivity index (χ1n) is 7.50. The highest BCUT2D eigenvalue weighted by molar-refractivity contribution is 9.10. The quantitative estimate of drug-likeness (QED) is 0.605. The second-order valence-electron chi connectivity index (χ2n) is 5.13. The van der Waals surface area contributed by atoms with Gasteiger partial charge in [-0.25, -0.2) is 0 Å². The zero-order valence-corrected chi connectivity index (χ0v) is 16.0. The predicted molar refractivity (Wildman–Crippen MR) is 97.3 cm³/mol. The Kier molecular flexibility index (Phi) is 5.14. The molecule has 0 unspecified atom stereocenters. The van der Waals surface area contributed by atoms with E-state index in [-0.39, 0.29) is 12.2 Å². The van der Waals surface area contributed by atoms with Gasteiger partial charge in [-0.1, -0.05) is 27.3 Å². The molecular weight excluding hydrogens is 408 g/mol. The van der Waals surface area contributed by atoms with Crippen molar-refractivity contribution in [3.8, 4) is 0 Å². The van der Waals surface area contributed by atoms with Crippen molar-refractivity contribution in [3.05, 3.63) is 45.4 Å². The topological polar surface area (TPSA) is 78.5 Å². The van der Waals surface area contributed by atoms with E-state index >= 15 is 0 Å². The van der Waals surface area contributed by atoms with Gasteiger partial charge in [0.05, 0.1) is 17.3 Å². The molecule has 0 aliphatic rings. The van der Waals surface area contributed by atoms with Crippen molar-refractivity contribution in [2.45, 2.75) is 20.0 Å². The zero-order chi connectivity index (χ0) is 18.0. The van der Waals surface area contributed by atoms with Crippen molar-refractivity contribution in [2.75, 3.05) is 7.11 Å². The monoisotopic (exact) mass is 422 g/mol. The van der Waals surface area contributed by atoms with Crippen molar-refractivity contribution in [1.82, 2.24) is 14.3 Å². The van der Waals surface area contributed by atoms with Crippen molar-refractivity contribution >= 4 is 49.4 Å². The van der Waals surface area contributed by atoms with E-state index < -0.39 is 11.9 Å². The third-order valence-electron chi connectivity index (χ3n) is 3.54. The second kappa shape index (κ2) is 7.32. The number of rotatable bonds is 4. The van der Waals surface area contributed by atoms with Gasteiger partial charge < -0.3 is 9.30 Å². The first kappa shape index (κ1) is 17.6. The number of carbonyl (C=O) groups is 2. The van der Waals surface area contributed by atoms with Gasteiger partial charge in [0, 0.05) is 17.2 Å². The highest BCUT2D eigenvalue weighted by atomic mass is 79.9. The number of halogens is 1. The summed E-state index contributed by atoms with van der Waals surface area (Å²) in [7, 11) is 1.33. The lowest BCUT2D eigenvalue weighted by Crippen LogP contribution is -2.22. The molecular formula is C16H15BrN4O3S. The minimum Gasteiger partial charge on any atom is -0.468 e. The van der Waals surface area contributed by atoms with E-state index in [1.54, 1.807) is 21.5 Å². The van der Waals surface area contributed by atoms with Crippen LogP contribution in [0, 0.1) is 0 Å². The molecule has 0 N–H and O–H groups in total. The standard InChI is InChI=1S/C16H15BrN4O3S/c1-3-20-7-6-11(19-20)15(23)18-16-21(9-14(22)24-2)12-5-4-10(17)8-13(12)25-16/h4-8H,3,9H2,1-2H3. The molecule has 0 aliphatic heterocycles.